The number of hydrogen-bond acceptors (Lipinski definition) is 9. The quantitative estimate of drug-likeness (QED) is 0.332. The lowest BCUT2D eigenvalue weighted by Crippen LogP contribution is -2.66. The second kappa shape index (κ2) is 10.3. The average molecular weight is 556 g/mol. The molecule has 10 nitrogen and oxygen atoms in total. The van der Waals surface area contributed by atoms with Crippen molar-refractivity contribution in [3.63, 3.8) is 0 Å². The van der Waals surface area contributed by atoms with Crippen molar-refractivity contribution < 1.29 is 34.8 Å². The topological polar surface area (TPSA) is 151 Å². The summed E-state index contributed by atoms with van der Waals surface area (Å²) in [7, 11) is 7.21. The number of aliphatic hydroxyl groups excluding tert-OH is 2. The number of nitrogens with zero attached hydrogens (tertiary/aromatic N) is 2. The maximum Gasteiger partial charge on any atom is 0.258 e. The van der Waals surface area contributed by atoms with E-state index in [2.05, 4.69) is 10.2 Å². The van der Waals surface area contributed by atoms with Crippen molar-refractivity contribution in [3.8, 4) is 5.75 Å². The summed E-state index contributed by atoms with van der Waals surface area (Å²) in [5.41, 5.74) is -2.31. The molecule has 1 amide bonds. The van der Waals surface area contributed by atoms with E-state index in [1.165, 1.54) is 6.07 Å². The molecular weight excluding hydrogens is 514 g/mol. The summed E-state index contributed by atoms with van der Waals surface area (Å²) in [4.78, 5) is 44.5. The van der Waals surface area contributed by atoms with E-state index in [9.17, 15) is 34.8 Å². The number of carbonyl (C=O) groups is 3. The Balaban J connectivity index is 1.87. The van der Waals surface area contributed by atoms with Gasteiger partial charge in [0.25, 0.3) is 5.91 Å². The summed E-state index contributed by atoms with van der Waals surface area (Å²) in [5, 5.41) is 48.0. The fourth-order valence-electron chi connectivity index (χ4n) is 6.51. The molecule has 1 fully saturated rings. The Bertz CT molecular complexity index is 1320. The minimum atomic E-state index is -2.61. The highest BCUT2D eigenvalue weighted by Crippen LogP contribution is 2.53. The van der Waals surface area contributed by atoms with Crippen molar-refractivity contribution in [3.05, 3.63) is 45.7 Å². The first-order valence-corrected chi connectivity index (χ1v) is 13.7. The van der Waals surface area contributed by atoms with Gasteiger partial charge in [0.05, 0.1) is 11.6 Å². The number of aliphatic hydroxyl groups is 3. The van der Waals surface area contributed by atoms with Gasteiger partial charge in [0.1, 0.15) is 22.8 Å². The van der Waals surface area contributed by atoms with Crippen LogP contribution in [0.3, 0.4) is 0 Å². The lowest BCUT2D eigenvalue weighted by Gasteiger charge is -2.50. The smallest absolute Gasteiger partial charge is 0.258 e. The molecule has 0 spiro atoms. The summed E-state index contributed by atoms with van der Waals surface area (Å²) in [6, 6.07) is 2.24. The van der Waals surface area contributed by atoms with E-state index in [1.807, 2.05) is 20.2 Å². The van der Waals surface area contributed by atoms with Gasteiger partial charge in [0.2, 0.25) is 5.78 Å². The van der Waals surface area contributed by atoms with Gasteiger partial charge in [-0.15, -0.1) is 0 Å². The fourth-order valence-corrected chi connectivity index (χ4v) is 6.51. The van der Waals surface area contributed by atoms with Crippen LogP contribution in [0.5, 0.6) is 5.75 Å². The number of rotatable bonds is 6. The summed E-state index contributed by atoms with van der Waals surface area (Å²) in [6.45, 7) is 5.97. The first-order valence-electron chi connectivity index (χ1n) is 13.7. The van der Waals surface area contributed by atoms with Gasteiger partial charge in [0, 0.05) is 17.0 Å². The van der Waals surface area contributed by atoms with Gasteiger partial charge in [-0.1, -0.05) is 6.07 Å². The van der Waals surface area contributed by atoms with E-state index in [1.54, 1.807) is 39.8 Å². The van der Waals surface area contributed by atoms with E-state index < -0.39 is 63.6 Å². The Kier molecular flexibility index (Phi) is 7.68. The van der Waals surface area contributed by atoms with Crippen molar-refractivity contribution in [1.82, 2.24) is 15.1 Å². The number of Topliss-reactive ketones (excluding diaryl/α,β-unsaturated/α-hetero) is 2. The van der Waals surface area contributed by atoms with Gasteiger partial charge in [-0.3, -0.25) is 19.3 Å². The van der Waals surface area contributed by atoms with Gasteiger partial charge >= 0.3 is 0 Å². The number of nitrogens with one attached hydrogen (secondary N) is 1. The number of benzene rings is 1. The van der Waals surface area contributed by atoms with Gasteiger partial charge in [-0.2, -0.15) is 0 Å². The molecule has 0 saturated heterocycles. The van der Waals surface area contributed by atoms with Crippen LogP contribution in [0.15, 0.2) is 29.0 Å². The summed E-state index contributed by atoms with van der Waals surface area (Å²) < 4.78 is 0. The first kappa shape index (κ1) is 29.8. The SMILES string of the molecule is CN(C)CCCc1ccc(O)c2c1C[C@@H]1C[C@H]3[C@@H](N(C)C)C(=O)C(C(=O)NC(C)(C)C)=C(O)[C@]3(O)C(=O)C1=C2O. The summed E-state index contributed by atoms with van der Waals surface area (Å²) >= 11 is 0. The number of amides is 1. The third-order valence-corrected chi connectivity index (χ3v) is 8.22. The number of carbonyl (C=O) groups excluding carboxylic acids is 3. The van der Waals surface area contributed by atoms with Crippen LogP contribution in [-0.2, 0) is 27.2 Å². The van der Waals surface area contributed by atoms with Gasteiger partial charge < -0.3 is 30.6 Å². The van der Waals surface area contributed by atoms with Crippen LogP contribution in [0.1, 0.15) is 50.3 Å². The minimum absolute atomic E-state index is 0.0979. The van der Waals surface area contributed by atoms with Gasteiger partial charge in [0.15, 0.2) is 11.4 Å². The molecule has 0 radical (unpaired) electrons. The number of phenolic OH excluding ortho intramolecular Hbond substituents is 1. The normalized spacial score (nSPS) is 26.7. The summed E-state index contributed by atoms with van der Waals surface area (Å²) in [6.07, 6.45) is 1.96. The molecule has 0 aliphatic heterocycles. The van der Waals surface area contributed by atoms with E-state index in [0.29, 0.717) is 12.8 Å². The van der Waals surface area contributed by atoms with Crippen LogP contribution in [0.25, 0.3) is 5.76 Å². The molecule has 0 bridgehead atoms. The van der Waals surface area contributed by atoms with Crippen molar-refractivity contribution in [1.29, 1.82) is 0 Å². The third kappa shape index (κ3) is 4.82. The Hall–Kier alpha value is -3.21. The third-order valence-electron chi connectivity index (χ3n) is 8.22. The van der Waals surface area contributed by atoms with Gasteiger partial charge in [-0.05, 0) is 104 Å². The highest BCUT2D eigenvalue weighted by Gasteiger charge is 2.64. The molecule has 1 saturated carbocycles. The second-order valence-electron chi connectivity index (χ2n) is 12.8. The molecule has 3 aliphatic rings. The van der Waals surface area contributed by atoms with E-state index >= 15 is 0 Å². The zero-order chi connectivity index (χ0) is 29.9. The van der Waals surface area contributed by atoms with Crippen LogP contribution in [0.2, 0.25) is 0 Å². The number of aromatic hydroxyl groups is 1. The highest BCUT2D eigenvalue weighted by atomic mass is 16.3. The van der Waals surface area contributed by atoms with E-state index in [-0.39, 0.29) is 23.3 Å². The molecule has 0 unspecified atom stereocenters. The monoisotopic (exact) mass is 555 g/mol. The van der Waals surface area contributed by atoms with Crippen LogP contribution in [0, 0.1) is 11.8 Å². The number of fused-ring (bicyclic) bond motifs is 3. The number of phenols is 1. The van der Waals surface area contributed by atoms with Crippen LogP contribution < -0.4 is 5.32 Å². The molecule has 1 aromatic carbocycles. The predicted octanol–water partition coefficient (Wildman–Crippen LogP) is 1.89. The molecule has 0 aromatic heterocycles. The number of aryl methyl sites for hydroxylation is 1. The molecule has 4 atom stereocenters. The predicted molar refractivity (Wildman–Crippen MR) is 150 cm³/mol. The minimum Gasteiger partial charge on any atom is -0.508 e. The highest BCUT2D eigenvalue weighted by molar-refractivity contribution is 6.25. The molecular formula is C30H41N3O7. The standard InChI is InChI=1S/C30H41N3O7/c1-29(2,3)31-28(39)22-25(36)23(33(6)7)18-14-16-13-17-15(9-8-12-32(4)5)10-11-19(34)21(17)24(35)20(16)26(37)30(18,40)27(22)38/h10-11,16,18,23,34-35,38,40H,8-9,12-14H2,1-7H3,(H,31,39)/t16-,18+,23-,30-/m1/s1. The molecule has 218 valence electrons. The Morgan fingerprint density at radius 2 is 1.75 bits per heavy atom. The lowest BCUT2D eigenvalue weighted by atomic mass is 9.57. The maximum absolute atomic E-state index is 14.1. The summed E-state index contributed by atoms with van der Waals surface area (Å²) in [5.74, 6) is -5.80. The zero-order valence-corrected chi connectivity index (χ0v) is 24.3. The zero-order valence-electron chi connectivity index (χ0n) is 24.3. The molecule has 40 heavy (non-hydrogen) atoms. The van der Waals surface area contributed by atoms with Crippen molar-refractivity contribution >= 4 is 23.2 Å². The van der Waals surface area contributed by atoms with Crippen LogP contribution in [0.4, 0.5) is 0 Å². The number of likely N-dealkylation sites (N-methyl/N-ethyl adjacent to an activating group) is 1. The first-order chi connectivity index (χ1) is 18.5. The number of ketones is 2. The molecule has 1 aromatic rings. The van der Waals surface area contributed by atoms with Crippen molar-refractivity contribution in [2.24, 2.45) is 11.8 Å². The van der Waals surface area contributed by atoms with Gasteiger partial charge in [-0.25, -0.2) is 0 Å². The molecule has 5 N–H and O–H groups in total. The molecule has 0 heterocycles. The van der Waals surface area contributed by atoms with Crippen LogP contribution >= 0.6 is 0 Å². The Morgan fingerprint density at radius 1 is 1.10 bits per heavy atom. The molecule has 4 rings (SSSR count). The van der Waals surface area contributed by atoms with Crippen LogP contribution in [-0.4, -0.2) is 99.6 Å². The maximum atomic E-state index is 14.1. The Morgan fingerprint density at radius 3 is 2.33 bits per heavy atom. The average Bonchev–Trinajstić information content (AvgIpc) is 2.81. The Labute approximate surface area is 235 Å². The van der Waals surface area contributed by atoms with Crippen molar-refractivity contribution in [2.45, 2.75) is 63.6 Å². The molecule has 10 heteroatoms. The van der Waals surface area contributed by atoms with Crippen molar-refractivity contribution in [2.75, 3.05) is 34.7 Å². The molecule has 3 aliphatic carbocycles. The van der Waals surface area contributed by atoms with E-state index in [0.717, 1.165) is 24.1 Å². The number of hydrogen-bond donors (Lipinski definition) is 5. The largest absolute Gasteiger partial charge is 0.508 e. The second-order valence-corrected chi connectivity index (χ2v) is 12.8. The lowest BCUT2D eigenvalue weighted by molar-refractivity contribution is -0.153. The van der Waals surface area contributed by atoms with E-state index in [4.69, 9.17) is 0 Å². The fraction of sp³-hybridized carbons (Fsp3) is 0.567.